The molecule has 4 rings (SSSR count). The number of alkyl halides is 4. The van der Waals surface area contributed by atoms with E-state index in [1.807, 2.05) is 5.32 Å². The van der Waals surface area contributed by atoms with Crippen LogP contribution in [0.2, 0.25) is 15.1 Å². The molecule has 1 aliphatic carbocycles. The van der Waals surface area contributed by atoms with Gasteiger partial charge in [-0.2, -0.15) is 8.78 Å². The quantitative estimate of drug-likeness (QED) is 0.133. The molecule has 1 saturated carbocycles. The number of nitrogens with one attached hydrogen (secondary N) is 3. The van der Waals surface area contributed by atoms with Gasteiger partial charge in [-0.05, 0) is 29.8 Å². The minimum Gasteiger partial charge on any atom is -0.326 e. The lowest BCUT2D eigenvalue weighted by molar-refractivity contribution is -0.126. The Morgan fingerprint density at radius 3 is 1.90 bits per heavy atom. The lowest BCUT2D eigenvalue weighted by atomic mass is 10.1. The largest absolute Gasteiger partial charge is 0.326 e. The lowest BCUT2D eigenvalue weighted by Gasteiger charge is -2.13. The van der Waals surface area contributed by atoms with Crippen LogP contribution in [0.1, 0.15) is 21.8 Å². The second-order valence-corrected chi connectivity index (χ2v) is 11.4. The van der Waals surface area contributed by atoms with Gasteiger partial charge in [0.05, 0.1) is 37.9 Å². The predicted octanol–water partition coefficient (Wildman–Crippen LogP) is 8.19. The van der Waals surface area contributed by atoms with Gasteiger partial charge in [0.2, 0.25) is 5.91 Å². The SMILES string of the molecule is O=C(Nc1cc(NC(=O)C(F)F)c(F)cc1F)c1cc(NC(=O)C2[C@H](c3cc(Cl)c(Cl)c(Cl)c3)C2(Cl)Cl)cc(F)c1F. The first-order valence-corrected chi connectivity index (χ1v) is 13.1. The summed E-state index contributed by atoms with van der Waals surface area (Å²) in [6, 6.07) is 4.63. The van der Waals surface area contributed by atoms with E-state index in [1.165, 1.54) is 17.4 Å². The molecule has 2 atom stereocenters. The lowest BCUT2D eigenvalue weighted by Crippen LogP contribution is -2.22. The molecule has 3 aromatic carbocycles. The fraction of sp³-hybridized carbons (Fsp3) is 0.160. The number of rotatable bonds is 7. The first-order valence-electron chi connectivity index (χ1n) is 11.2. The summed E-state index contributed by atoms with van der Waals surface area (Å²) < 4.78 is 80.5. The Bertz CT molecular complexity index is 1620. The van der Waals surface area contributed by atoms with Gasteiger partial charge in [0.1, 0.15) is 16.0 Å². The Hall–Kier alpha value is -2.90. The third-order valence-electron chi connectivity index (χ3n) is 6.00. The number of carbonyl (C=O) groups is 3. The van der Waals surface area contributed by atoms with Crippen molar-refractivity contribution in [2.75, 3.05) is 16.0 Å². The third-order valence-corrected chi connectivity index (χ3v) is 8.14. The van der Waals surface area contributed by atoms with E-state index in [0.29, 0.717) is 23.8 Å². The normalized spacial score (nSPS) is 17.1. The summed E-state index contributed by atoms with van der Waals surface area (Å²) in [5, 5.41) is 5.74. The van der Waals surface area contributed by atoms with E-state index in [9.17, 15) is 40.7 Å². The third kappa shape index (κ3) is 6.37. The van der Waals surface area contributed by atoms with Crippen LogP contribution in [0.25, 0.3) is 0 Å². The molecule has 0 saturated heterocycles. The molecule has 1 aliphatic rings. The molecule has 0 aliphatic heterocycles. The van der Waals surface area contributed by atoms with Crippen molar-refractivity contribution < 1.29 is 40.7 Å². The van der Waals surface area contributed by atoms with Crippen LogP contribution in [0.4, 0.5) is 43.4 Å². The first-order chi connectivity index (χ1) is 19.5. The van der Waals surface area contributed by atoms with Crippen molar-refractivity contribution in [2.24, 2.45) is 5.92 Å². The standard InChI is InChI=1S/C25H12Cl5F6N3O3/c26-10-1-7(2-11(27)19(10)28)17-18(25(17,29)30)23(41)37-8-3-9(20(34)14(33)4-8)22(40)38-15-6-16(13(32)5-12(15)31)39-24(42)21(35)36/h1-6,17-18,21H,(H,37,41)(H,38,40)(H,39,42)/t17-,18?/m0/s1. The van der Waals surface area contributed by atoms with E-state index >= 15 is 0 Å². The minimum atomic E-state index is -3.54. The Kier molecular flexibility index (Phi) is 9.15. The summed E-state index contributed by atoms with van der Waals surface area (Å²) in [6.07, 6.45) is -3.54. The van der Waals surface area contributed by atoms with Gasteiger partial charge in [0.15, 0.2) is 11.6 Å². The second-order valence-electron chi connectivity index (χ2n) is 8.79. The zero-order valence-electron chi connectivity index (χ0n) is 20.1. The van der Waals surface area contributed by atoms with Gasteiger partial charge >= 0.3 is 6.43 Å². The number of carbonyl (C=O) groups excluding carboxylic acids is 3. The molecule has 1 unspecified atom stereocenters. The van der Waals surface area contributed by atoms with E-state index in [2.05, 4.69) is 5.32 Å². The van der Waals surface area contributed by atoms with Crippen LogP contribution in [-0.2, 0) is 9.59 Å². The van der Waals surface area contributed by atoms with E-state index in [0.717, 1.165) is 0 Å². The summed E-state index contributed by atoms with van der Waals surface area (Å²) in [6.45, 7) is 0. The summed E-state index contributed by atoms with van der Waals surface area (Å²) in [5.41, 5.74) is -2.93. The zero-order valence-corrected chi connectivity index (χ0v) is 23.9. The van der Waals surface area contributed by atoms with Gasteiger partial charge in [0.25, 0.3) is 11.8 Å². The highest BCUT2D eigenvalue weighted by Gasteiger charge is 2.67. The Morgan fingerprint density at radius 2 is 1.33 bits per heavy atom. The van der Waals surface area contributed by atoms with Gasteiger partial charge in [-0.3, -0.25) is 14.4 Å². The van der Waals surface area contributed by atoms with Gasteiger partial charge in [-0.1, -0.05) is 34.8 Å². The highest BCUT2D eigenvalue weighted by Crippen LogP contribution is 2.65. The average molecular weight is 694 g/mol. The molecule has 1 fully saturated rings. The molecule has 0 heterocycles. The number of hydrogen-bond acceptors (Lipinski definition) is 3. The molecule has 17 heteroatoms. The fourth-order valence-electron chi connectivity index (χ4n) is 3.99. The molecule has 42 heavy (non-hydrogen) atoms. The average Bonchev–Trinajstić information content (AvgIpc) is 3.48. The maximum atomic E-state index is 14.5. The predicted molar refractivity (Wildman–Crippen MR) is 146 cm³/mol. The van der Waals surface area contributed by atoms with Gasteiger partial charge < -0.3 is 16.0 Å². The van der Waals surface area contributed by atoms with Crippen LogP contribution in [0.3, 0.4) is 0 Å². The smallest absolute Gasteiger partial charge is 0.315 e. The van der Waals surface area contributed by atoms with Gasteiger partial charge in [0, 0.05) is 23.7 Å². The monoisotopic (exact) mass is 691 g/mol. The van der Waals surface area contributed by atoms with E-state index in [-0.39, 0.29) is 21.1 Å². The van der Waals surface area contributed by atoms with Crippen LogP contribution >= 0.6 is 58.0 Å². The fourth-order valence-corrected chi connectivity index (χ4v) is 5.43. The first kappa shape index (κ1) is 32.0. The number of amides is 3. The van der Waals surface area contributed by atoms with Gasteiger partial charge in [-0.25, -0.2) is 17.6 Å². The Morgan fingerprint density at radius 1 is 0.762 bits per heavy atom. The van der Waals surface area contributed by atoms with Crippen molar-refractivity contribution in [3.63, 3.8) is 0 Å². The van der Waals surface area contributed by atoms with Crippen molar-refractivity contribution in [1.29, 1.82) is 0 Å². The Balaban J connectivity index is 1.56. The molecule has 0 bridgehead atoms. The Labute approximate surface area is 257 Å². The summed E-state index contributed by atoms with van der Waals surface area (Å²) in [4.78, 5) is 36.9. The van der Waals surface area contributed by atoms with Crippen LogP contribution in [-0.4, -0.2) is 28.5 Å². The van der Waals surface area contributed by atoms with Crippen molar-refractivity contribution >= 4 is 92.8 Å². The molecular formula is C25H12Cl5F6N3O3. The van der Waals surface area contributed by atoms with Crippen LogP contribution in [0.5, 0.6) is 0 Å². The van der Waals surface area contributed by atoms with Crippen molar-refractivity contribution in [3.8, 4) is 0 Å². The summed E-state index contributed by atoms with van der Waals surface area (Å²) in [5.74, 6) is -12.5. The van der Waals surface area contributed by atoms with Crippen LogP contribution in [0.15, 0.2) is 36.4 Å². The molecule has 0 radical (unpaired) electrons. The van der Waals surface area contributed by atoms with Crippen molar-refractivity contribution in [1.82, 2.24) is 0 Å². The minimum absolute atomic E-state index is 0.0562. The maximum absolute atomic E-state index is 14.5. The van der Waals surface area contributed by atoms with Crippen LogP contribution in [0, 0.1) is 29.2 Å². The second kappa shape index (κ2) is 12.0. The highest BCUT2D eigenvalue weighted by molar-refractivity contribution is 6.54. The molecule has 3 aromatic rings. The van der Waals surface area contributed by atoms with Crippen molar-refractivity contribution in [3.05, 3.63) is 85.9 Å². The van der Waals surface area contributed by atoms with Gasteiger partial charge in [-0.15, -0.1) is 23.2 Å². The topological polar surface area (TPSA) is 87.3 Å². The summed E-state index contributed by atoms with van der Waals surface area (Å²) in [7, 11) is 0. The van der Waals surface area contributed by atoms with Crippen LogP contribution < -0.4 is 16.0 Å². The van der Waals surface area contributed by atoms with E-state index in [1.54, 1.807) is 0 Å². The summed E-state index contributed by atoms with van der Waals surface area (Å²) >= 11 is 30.6. The molecule has 0 aromatic heterocycles. The zero-order chi connectivity index (χ0) is 31.3. The molecule has 3 amide bonds. The number of halogens is 11. The maximum Gasteiger partial charge on any atom is 0.315 e. The number of benzene rings is 3. The molecule has 0 spiro atoms. The molecule has 3 N–H and O–H groups in total. The molecular weight excluding hydrogens is 682 g/mol. The van der Waals surface area contributed by atoms with Crippen molar-refractivity contribution in [2.45, 2.75) is 16.7 Å². The number of hydrogen-bond donors (Lipinski definition) is 3. The van der Waals surface area contributed by atoms with E-state index in [4.69, 9.17) is 58.0 Å². The highest BCUT2D eigenvalue weighted by atomic mass is 35.5. The molecule has 6 nitrogen and oxygen atoms in total. The molecule has 222 valence electrons. The number of anilines is 3. The van der Waals surface area contributed by atoms with E-state index < -0.39 is 86.2 Å².